The summed E-state index contributed by atoms with van der Waals surface area (Å²) in [7, 11) is 0. The van der Waals surface area contributed by atoms with Gasteiger partial charge >= 0.3 is 0 Å². The third-order valence-corrected chi connectivity index (χ3v) is 5.62. The Morgan fingerprint density at radius 1 is 1.28 bits per heavy atom. The average Bonchev–Trinajstić information content (AvgIpc) is 2.59. The lowest BCUT2D eigenvalue weighted by molar-refractivity contribution is -0.140. The molecule has 1 aromatic rings. The van der Waals surface area contributed by atoms with Gasteiger partial charge in [0.2, 0.25) is 5.91 Å². The smallest absolute Gasteiger partial charge is 0.261 e. The molecule has 3 heterocycles. The van der Waals surface area contributed by atoms with Crippen molar-refractivity contribution in [3.8, 4) is 0 Å². The van der Waals surface area contributed by atoms with Gasteiger partial charge in [-0.2, -0.15) is 0 Å². The largest absolute Gasteiger partial charge is 0.339 e. The minimum atomic E-state index is -0.318. The maximum atomic E-state index is 12.9. The molecule has 1 N–H and O–H groups in total. The van der Waals surface area contributed by atoms with Gasteiger partial charge in [0.15, 0.2) is 0 Å². The van der Waals surface area contributed by atoms with Crippen molar-refractivity contribution >= 4 is 11.8 Å². The molecule has 136 valence electrons. The zero-order valence-electron chi connectivity index (χ0n) is 15.3. The lowest BCUT2D eigenvalue weighted by Crippen LogP contribution is -2.57. The van der Waals surface area contributed by atoms with Gasteiger partial charge in [0.05, 0.1) is 0 Å². The maximum Gasteiger partial charge on any atom is 0.261 e. The van der Waals surface area contributed by atoms with Gasteiger partial charge in [-0.25, -0.2) is 0 Å². The molecule has 0 bridgehead atoms. The third-order valence-electron chi connectivity index (χ3n) is 5.62. The van der Waals surface area contributed by atoms with Crippen LogP contribution in [0.2, 0.25) is 0 Å². The van der Waals surface area contributed by atoms with Crippen molar-refractivity contribution in [2.75, 3.05) is 19.6 Å². The molecule has 2 aliphatic heterocycles. The molecule has 3 rings (SSSR count). The summed E-state index contributed by atoms with van der Waals surface area (Å²) in [6.45, 7) is 7.83. The van der Waals surface area contributed by atoms with E-state index in [1.54, 1.807) is 11.0 Å². The number of hydrogen-bond acceptors (Lipinski definition) is 3. The Kier molecular flexibility index (Phi) is 4.97. The van der Waals surface area contributed by atoms with E-state index in [1.165, 1.54) is 0 Å². The fourth-order valence-electron chi connectivity index (χ4n) is 4.12. The number of rotatable bonds is 3. The highest BCUT2D eigenvalue weighted by Crippen LogP contribution is 2.31. The second-order valence-electron chi connectivity index (χ2n) is 7.31. The van der Waals surface area contributed by atoms with Crippen LogP contribution in [0, 0.1) is 19.8 Å². The Balaban J connectivity index is 1.77. The van der Waals surface area contributed by atoms with E-state index < -0.39 is 0 Å². The van der Waals surface area contributed by atoms with Crippen LogP contribution in [0.4, 0.5) is 0 Å². The number of aromatic nitrogens is 1. The molecule has 2 atom stereocenters. The normalized spacial score (nSPS) is 23.6. The molecule has 2 fully saturated rings. The Bertz CT molecular complexity index is 740. The molecule has 0 aromatic carbocycles. The van der Waals surface area contributed by atoms with E-state index in [9.17, 15) is 14.4 Å². The molecule has 6 nitrogen and oxygen atoms in total. The number of nitrogens with one attached hydrogen (secondary N) is 1. The summed E-state index contributed by atoms with van der Waals surface area (Å²) in [5, 5.41) is 0. The van der Waals surface area contributed by atoms with Crippen molar-refractivity contribution in [1.82, 2.24) is 14.8 Å². The zero-order chi connectivity index (χ0) is 18.1. The van der Waals surface area contributed by atoms with Gasteiger partial charge in [0.1, 0.15) is 5.56 Å². The van der Waals surface area contributed by atoms with Gasteiger partial charge < -0.3 is 14.8 Å². The van der Waals surface area contributed by atoms with Crippen molar-refractivity contribution in [2.24, 2.45) is 5.92 Å². The first-order valence-electron chi connectivity index (χ1n) is 9.21. The minimum absolute atomic E-state index is 0.193. The molecule has 1 aromatic heterocycles. The highest BCUT2D eigenvalue weighted by molar-refractivity contribution is 5.94. The van der Waals surface area contributed by atoms with Gasteiger partial charge in [-0.1, -0.05) is 6.92 Å². The first-order chi connectivity index (χ1) is 11.9. The SMILES string of the molecule is CCCN1C(=O)CC[C@H]2CN(C(=O)c3cc(C)c(C)[nH]c3=O)CC[C@H]21. The van der Waals surface area contributed by atoms with Crippen LogP contribution in [0.1, 0.15) is 54.2 Å². The van der Waals surface area contributed by atoms with E-state index in [-0.39, 0.29) is 29.0 Å². The van der Waals surface area contributed by atoms with Crippen LogP contribution in [0.5, 0.6) is 0 Å². The molecular weight excluding hydrogens is 318 g/mol. The van der Waals surface area contributed by atoms with E-state index >= 15 is 0 Å². The summed E-state index contributed by atoms with van der Waals surface area (Å²) >= 11 is 0. The van der Waals surface area contributed by atoms with E-state index in [0.717, 1.165) is 37.1 Å². The first kappa shape index (κ1) is 17.7. The maximum absolute atomic E-state index is 12.9. The van der Waals surface area contributed by atoms with Gasteiger partial charge in [-0.3, -0.25) is 14.4 Å². The summed E-state index contributed by atoms with van der Waals surface area (Å²) in [6, 6.07) is 1.93. The number of pyridine rings is 1. The number of carbonyl (C=O) groups is 2. The predicted octanol–water partition coefficient (Wildman–Crippen LogP) is 1.85. The fraction of sp³-hybridized carbons (Fsp3) is 0.632. The highest BCUT2D eigenvalue weighted by Gasteiger charge is 2.40. The summed E-state index contributed by atoms with van der Waals surface area (Å²) in [5.74, 6) is 0.364. The number of likely N-dealkylation sites (tertiary alicyclic amines) is 2. The monoisotopic (exact) mass is 345 g/mol. The molecule has 0 spiro atoms. The number of fused-ring (bicyclic) bond motifs is 1. The van der Waals surface area contributed by atoms with Crippen LogP contribution in [-0.4, -0.2) is 52.3 Å². The minimum Gasteiger partial charge on any atom is -0.339 e. The van der Waals surface area contributed by atoms with Gasteiger partial charge in [0.25, 0.3) is 11.5 Å². The van der Waals surface area contributed by atoms with E-state index in [2.05, 4.69) is 11.9 Å². The molecule has 2 saturated heterocycles. The van der Waals surface area contributed by atoms with Gasteiger partial charge in [-0.15, -0.1) is 0 Å². The second-order valence-corrected chi connectivity index (χ2v) is 7.31. The molecule has 2 aliphatic rings. The number of aromatic amines is 1. The summed E-state index contributed by atoms with van der Waals surface area (Å²) in [6.07, 6.45) is 3.14. The van der Waals surface area contributed by atoms with Crippen molar-refractivity contribution in [1.29, 1.82) is 0 Å². The number of H-pyrrole nitrogens is 1. The van der Waals surface area contributed by atoms with Crippen LogP contribution in [-0.2, 0) is 4.79 Å². The summed E-state index contributed by atoms with van der Waals surface area (Å²) in [5.41, 5.74) is 1.61. The molecule has 0 aliphatic carbocycles. The van der Waals surface area contributed by atoms with Crippen LogP contribution < -0.4 is 5.56 Å². The molecule has 6 heteroatoms. The van der Waals surface area contributed by atoms with Crippen LogP contribution in [0.15, 0.2) is 10.9 Å². The molecule has 2 amide bonds. The molecule has 25 heavy (non-hydrogen) atoms. The summed E-state index contributed by atoms with van der Waals surface area (Å²) < 4.78 is 0. The zero-order valence-corrected chi connectivity index (χ0v) is 15.3. The standard InChI is InChI=1S/C19H27N3O3/c1-4-8-22-16-7-9-21(11-14(16)5-6-17(22)23)19(25)15-10-12(2)13(3)20-18(15)24/h10,14,16H,4-9,11H2,1-3H3,(H,20,24)/t14-,16+/m0/s1. The first-order valence-corrected chi connectivity index (χ1v) is 9.21. The molecule has 0 saturated carbocycles. The Morgan fingerprint density at radius 3 is 2.76 bits per heavy atom. The van der Waals surface area contributed by atoms with E-state index in [0.29, 0.717) is 25.4 Å². The number of piperidine rings is 2. The topological polar surface area (TPSA) is 73.5 Å². The number of carbonyl (C=O) groups excluding carboxylic acids is 2. The predicted molar refractivity (Wildman–Crippen MR) is 95.6 cm³/mol. The van der Waals surface area contributed by atoms with Gasteiger partial charge in [-0.05, 0) is 50.7 Å². The Morgan fingerprint density at radius 2 is 2.04 bits per heavy atom. The summed E-state index contributed by atoms with van der Waals surface area (Å²) in [4.78, 5) is 43.8. The lowest BCUT2D eigenvalue weighted by atomic mass is 9.83. The van der Waals surface area contributed by atoms with Crippen LogP contribution in [0.25, 0.3) is 0 Å². The van der Waals surface area contributed by atoms with E-state index in [1.807, 2.05) is 18.7 Å². The highest BCUT2D eigenvalue weighted by atomic mass is 16.2. The van der Waals surface area contributed by atoms with Crippen molar-refractivity contribution in [2.45, 2.75) is 52.5 Å². The second kappa shape index (κ2) is 7.02. The van der Waals surface area contributed by atoms with Crippen molar-refractivity contribution in [3.63, 3.8) is 0 Å². The number of nitrogens with zero attached hydrogens (tertiary/aromatic N) is 2. The number of hydrogen-bond donors (Lipinski definition) is 1. The number of aryl methyl sites for hydroxylation is 2. The van der Waals surface area contributed by atoms with E-state index in [4.69, 9.17) is 0 Å². The Labute approximate surface area is 148 Å². The molecular formula is C19H27N3O3. The average molecular weight is 345 g/mol. The van der Waals surface area contributed by atoms with Crippen LogP contribution >= 0.6 is 0 Å². The fourth-order valence-corrected chi connectivity index (χ4v) is 4.12. The van der Waals surface area contributed by atoms with Crippen molar-refractivity contribution < 1.29 is 9.59 Å². The Hall–Kier alpha value is -2.11. The van der Waals surface area contributed by atoms with Crippen molar-refractivity contribution in [3.05, 3.63) is 33.2 Å². The van der Waals surface area contributed by atoms with Gasteiger partial charge in [0, 0.05) is 37.8 Å². The molecule has 0 unspecified atom stereocenters. The van der Waals surface area contributed by atoms with Crippen LogP contribution in [0.3, 0.4) is 0 Å². The molecule has 0 radical (unpaired) electrons. The number of amides is 2. The quantitative estimate of drug-likeness (QED) is 0.909. The lowest BCUT2D eigenvalue weighted by Gasteiger charge is -2.47. The third kappa shape index (κ3) is 3.34.